The Hall–Kier alpha value is -3.45. The third-order valence-electron chi connectivity index (χ3n) is 8.95. The SMILES string of the molecule is CCCN(CCC)C(=O)C1=CC(S(=O)(=O)N(C)CC)=CC(C(N)=O)([C@H](Cc2cc(F)cc(F)c2)[C@@H](O)CNCc2cccc(CC)c2)C1. The van der Waals surface area contributed by atoms with Gasteiger partial charge in [-0.25, -0.2) is 21.5 Å². The van der Waals surface area contributed by atoms with Gasteiger partial charge in [0.1, 0.15) is 11.6 Å². The topological polar surface area (TPSA) is 133 Å². The van der Waals surface area contributed by atoms with E-state index in [0.29, 0.717) is 38.5 Å². The van der Waals surface area contributed by atoms with E-state index in [4.69, 9.17) is 5.73 Å². The van der Waals surface area contributed by atoms with Gasteiger partial charge in [-0.05, 0) is 73.1 Å². The molecule has 0 spiro atoms. The van der Waals surface area contributed by atoms with Crippen molar-refractivity contribution >= 4 is 21.8 Å². The lowest BCUT2D eigenvalue weighted by Crippen LogP contribution is -2.52. The molecule has 0 bridgehead atoms. The van der Waals surface area contributed by atoms with Gasteiger partial charge < -0.3 is 21.1 Å². The van der Waals surface area contributed by atoms with E-state index in [1.54, 1.807) is 11.8 Å². The van der Waals surface area contributed by atoms with Gasteiger partial charge in [0.05, 0.1) is 16.4 Å². The quantitative estimate of drug-likeness (QED) is 0.212. The van der Waals surface area contributed by atoms with Crippen molar-refractivity contribution in [3.05, 3.63) is 93.4 Å². The maximum Gasteiger partial charge on any atom is 0.249 e. The van der Waals surface area contributed by atoms with Crippen molar-refractivity contribution in [3.8, 4) is 0 Å². The number of carbonyl (C=O) groups excluding carboxylic acids is 2. The van der Waals surface area contributed by atoms with E-state index in [-0.39, 0.29) is 42.0 Å². The number of nitrogens with one attached hydrogen (secondary N) is 1. The van der Waals surface area contributed by atoms with E-state index in [9.17, 15) is 31.9 Å². The number of amides is 2. The molecule has 9 nitrogen and oxygen atoms in total. The van der Waals surface area contributed by atoms with E-state index >= 15 is 0 Å². The largest absolute Gasteiger partial charge is 0.391 e. The van der Waals surface area contributed by atoms with Gasteiger partial charge >= 0.3 is 0 Å². The number of nitrogens with zero attached hydrogens (tertiary/aromatic N) is 2. The molecule has 2 amide bonds. The second-order valence-electron chi connectivity index (χ2n) is 12.5. The predicted molar refractivity (Wildman–Crippen MR) is 184 cm³/mol. The van der Waals surface area contributed by atoms with Crippen molar-refractivity contribution < 1.29 is 31.9 Å². The summed E-state index contributed by atoms with van der Waals surface area (Å²) in [5.74, 6) is -4.30. The average Bonchev–Trinajstić information content (AvgIpc) is 3.05. The van der Waals surface area contributed by atoms with Crippen molar-refractivity contribution in [1.82, 2.24) is 14.5 Å². The fourth-order valence-corrected chi connectivity index (χ4v) is 7.62. The Balaban J connectivity index is 2.19. The highest BCUT2D eigenvalue weighted by Gasteiger charge is 2.50. The number of rotatable bonds is 18. The Morgan fingerprint density at radius 2 is 1.62 bits per heavy atom. The van der Waals surface area contributed by atoms with Gasteiger partial charge in [-0.1, -0.05) is 52.0 Å². The molecular formula is C36H50F2N4O5S. The van der Waals surface area contributed by atoms with Crippen LogP contribution in [0.25, 0.3) is 0 Å². The first-order valence-corrected chi connectivity index (χ1v) is 18.1. The summed E-state index contributed by atoms with van der Waals surface area (Å²) in [5.41, 5.74) is 6.51. The third kappa shape index (κ3) is 9.37. The third-order valence-corrected chi connectivity index (χ3v) is 10.9. The maximum absolute atomic E-state index is 14.4. The summed E-state index contributed by atoms with van der Waals surface area (Å²) in [6, 6.07) is 10.8. The highest BCUT2D eigenvalue weighted by molar-refractivity contribution is 7.93. The zero-order valence-electron chi connectivity index (χ0n) is 28.6. The molecule has 0 radical (unpaired) electrons. The van der Waals surface area contributed by atoms with Gasteiger partial charge in [0.25, 0.3) is 0 Å². The molecule has 1 aliphatic carbocycles. The number of aliphatic hydroxyl groups excluding tert-OH is 1. The van der Waals surface area contributed by atoms with Crippen molar-refractivity contribution in [3.63, 3.8) is 0 Å². The van der Waals surface area contributed by atoms with E-state index in [2.05, 4.69) is 5.32 Å². The molecule has 2 aromatic rings. The average molecular weight is 689 g/mol. The minimum Gasteiger partial charge on any atom is -0.391 e. The monoisotopic (exact) mass is 688 g/mol. The number of aryl methyl sites for hydroxylation is 1. The summed E-state index contributed by atoms with van der Waals surface area (Å²) in [6.45, 7) is 8.76. The summed E-state index contributed by atoms with van der Waals surface area (Å²) < 4.78 is 57.5. The lowest BCUT2D eigenvalue weighted by atomic mass is 9.64. The maximum atomic E-state index is 14.4. The van der Waals surface area contributed by atoms with Crippen LogP contribution < -0.4 is 11.1 Å². The predicted octanol–water partition coefficient (Wildman–Crippen LogP) is 4.45. The summed E-state index contributed by atoms with van der Waals surface area (Å²) in [4.78, 5) is 29.1. The highest BCUT2D eigenvalue weighted by Crippen LogP contribution is 2.45. The van der Waals surface area contributed by atoms with Gasteiger partial charge in [0, 0.05) is 57.3 Å². The molecule has 48 heavy (non-hydrogen) atoms. The number of benzene rings is 2. The fraction of sp³-hybridized carbons (Fsp3) is 0.500. The van der Waals surface area contributed by atoms with Crippen LogP contribution in [0.15, 0.2) is 65.1 Å². The van der Waals surface area contributed by atoms with Gasteiger partial charge in [-0.3, -0.25) is 9.59 Å². The zero-order valence-corrected chi connectivity index (χ0v) is 29.5. The molecule has 0 heterocycles. The summed E-state index contributed by atoms with van der Waals surface area (Å²) >= 11 is 0. The second kappa shape index (κ2) is 17.3. The standard InChI is InChI=1S/C36H50F2N4O5S/c1-6-13-42(14-7-2)34(44)28-19-31(48(46,47)41(5)9-4)22-36(21-28,35(39)45)32(18-27-16-29(37)20-30(38)17-27)33(43)24-40-23-26-12-10-11-25(8-3)15-26/h10-12,15-17,19-20,22,32-33,40,43H,6-9,13-14,18,21,23-24H2,1-5H3,(H2,39,45)/t32-,33+,36?/m1/s1. The summed E-state index contributed by atoms with van der Waals surface area (Å²) in [6.07, 6.45) is 2.75. The van der Waals surface area contributed by atoms with Crippen LogP contribution in [-0.4, -0.2) is 73.9 Å². The first-order valence-electron chi connectivity index (χ1n) is 16.6. The number of carbonyl (C=O) groups is 2. The Morgan fingerprint density at radius 1 is 1.00 bits per heavy atom. The Bertz CT molecular complexity index is 1590. The molecular weight excluding hydrogens is 638 g/mol. The molecule has 12 heteroatoms. The van der Waals surface area contributed by atoms with Crippen LogP contribution >= 0.6 is 0 Å². The molecule has 3 atom stereocenters. The molecule has 0 saturated heterocycles. The molecule has 2 aromatic carbocycles. The Morgan fingerprint density at radius 3 is 2.19 bits per heavy atom. The highest BCUT2D eigenvalue weighted by atomic mass is 32.2. The molecule has 0 aliphatic heterocycles. The minimum absolute atomic E-state index is 0.0493. The lowest BCUT2D eigenvalue weighted by Gasteiger charge is -2.42. The lowest BCUT2D eigenvalue weighted by molar-refractivity contribution is -0.132. The molecule has 3 rings (SSSR count). The Kier molecular flexibility index (Phi) is 14.0. The van der Waals surface area contributed by atoms with Gasteiger partial charge in [0.2, 0.25) is 21.8 Å². The van der Waals surface area contributed by atoms with Crippen LogP contribution in [0.3, 0.4) is 0 Å². The van der Waals surface area contributed by atoms with E-state index in [1.165, 1.54) is 19.2 Å². The number of hydrogen-bond acceptors (Lipinski definition) is 6. The van der Waals surface area contributed by atoms with Gasteiger partial charge in [-0.15, -0.1) is 0 Å². The number of sulfonamides is 1. The number of aliphatic hydroxyl groups is 1. The Labute approximate surface area is 283 Å². The number of primary amides is 1. The first-order chi connectivity index (χ1) is 22.7. The van der Waals surface area contributed by atoms with Gasteiger partial charge in [-0.2, -0.15) is 0 Å². The van der Waals surface area contributed by atoms with Crippen LogP contribution in [0, 0.1) is 23.0 Å². The fourth-order valence-electron chi connectivity index (χ4n) is 6.27. The van der Waals surface area contributed by atoms with E-state index < -0.39 is 50.9 Å². The molecule has 1 aliphatic rings. The van der Waals surface area contributed by atoms with Crippen molar-refractivity contribution in [2.45, 2.75) is 72.4 Å². The number of nitrogens with two attached hydrogens (primary N) is 1. The molecule has 4 N–H and O–H groups in total. The number of hydrogen-bond donors (Lipinski definition) is 3. The second-order valence-corrected chi connectivity index (χ2v) is 14.5. The first kappa shape index (κ1) is 39.0. The normalized spacial score (nSPS) is 17.9. The van der Waals surface area contributed by atoms with Crippen LogP contribution in [0.1, 0.15) is 63.6 Å². The smallest absolute Gasteiger partial charge is 0.249 e. The van der Waals surface area contributed by atoms with Crippen LogP contribution in [0.4, 0.5) is 8.78 Å². The van der Waals surface area contributed by atoms with Crippen LogP contribution in [0.2, 0.25) is 0 Å². The van der Waals surface area contributed by atoms with Crippen LogP contribution in [-0.2, 0) is 39.0 Å². The van der Waals surface area contributed by atoms with Crippen molar-refractivity contribution in [1.29, 1.82) is 0 Å². The van der Waals surface area contributed by atoms with Crippen molar-refractivity contribution in [2.75, 3.05) is 33.2 Å². The zero-order chi connectivity index (χ0) is 35.6. The van der Waals surface area contributed by atoms with Gasteiger partial charge in [0.15, 0.2) is 0 Å². The van der Waals surface area contributed by atoms with Crippen molar-refractivity contribution in [2.24, 2.45) is 17.1 Å². The molecule has 0 aromatic heterocycles. The number of allylic oxidation sites excluding steroid dienone is 1. The summed E-state index contributed by atoms with van der Waals surface area (Å²) in [5, 5.41) is 15.0. The summed E-state index contributed by atoms with van der Waals surface area (Å²) in [7, 11) is -2.84. The minimum atomic E-state index is -4.22. The number of halogens is 2. The molecule has 1 unspecified atom stereocenters. The van der Waals surface area contributed by atoms with Crippen LogP contribution in [0.5, 0.6) is 0 Å². The molecule has 264 valence electrons. The molecule has 0 fully saturated rings. The van der Waals surface area contributed by atoms with E-state index in [0.717, 1.165) is 34.0 Å². The van der Waals surface area contributed by atoms with E-state index in [1.807, 2.05) is 45.0 Å². The molecule has 0 saturated carbocycles.